The summed E-state index contributed by atoms with van der Waals surface area (Å²) < 4.78 is 0. The zero-order valence-electron chi connectivity index (χ0n) is 23.0. The topological polar surface area (TPSA) is 38.7 Å². The van der Waals surface area contributed by atoms with Gasteiger partial charge in [-0.2, -0.15) is 0 Å². The van der Waals surface area contributed by atoms with Crippen molar-refractivity contribution in [1.82, 2.24) is 15.0 Å². The fraction of sp³-hybridized carbons (Fsp3) is 0.242. The molecule has 0 saturated heterocycles. The van der Waals surface area contributed by atoms with Gasteiger partial charge in [0.25, 0.3) is 0 Å². The van der Waals surface area contributed by atoms with Crippen LogP contribution in [0.1, 0.15) is 44.9 Å². The summed E-state index contributed by atoms with van der Waals surface area (Å²) >= 11 is 0. The van der Waals surface area contributed by atoms with E-state index in [1.54, 1.807) is 12.4 Å². The molecule has 3 nitrogen and oxygen atoms in total. The van der Waals surface area contributed by atoms with Gasteiger partial charge in [0.15, 0.2) is 0 Å². The van der Waals surface area contributed by atoms with Crippen LogP contribution < -0.4 is 0 Å². The van der Waals surface area contributed by atoms with Gasteiger partial charge in [-0.25, -0.2) is 0 Å². The highest BCUT2D eigenvalue weighted by atomic mass is 14.8. The molecule has 186 valence electrons. The monoisotopic (exact) mass is 477 g/mol. The Hall–Kier alpha value is -3.85. The fourth-order valence-corrected chi connectivity index (χ4v) is 3.12. The van der Waals surface area contributed by atoms with Crippen LogP contribution in [-0.2, 0) is 0 Å². The van der Waals surface area contributed by atoms with E-state index in [2.05, 4.69) is 109 Å². The van der Waals surface area contributed by atoms with E-state index in [0.717, 1.165) is 17.1 Å². The largest absolute Gasteiger partial charge is 0.261 e. The van der Waals surface area contributed by atoms with Crippen LogP contribution in [0.5, 0.6) is 0 Å². The highest BCUT2D eigenvalue weighted by molar-refractivity contribution is 5.83. The second-order valence-corrected chi connectivity index (χ2v) is 9.28. The Labute approximate surface area is 217 Å². The van der Waals surface area contributed by atoms with Crippen LogP contribution in [0.2, 0.25) is 0 Å². The van der Waals surface area contributed by atoms with Crippen LogP contribution >= 0.6 is 0 Å². The van der Waals surface area contributed by atoms with Gasteiger partial charge >= 0.3 is 0 Å². The summed E-state index contributed by atoms with van der Waals surface area (Å²) in [6, 6.07) is 25.6. The third kappa shape index (κ3) is 11.1. The van der Waals surface area contributed by atoms with Gasteiger partial charge in [0.2, 0.25) is 0 Å². The molecule has 3 heteroatoms. The number of pyridine rings is 1. The van der Waals surface area contributed by atoms with E-state index in [-0.39, 0.29) is 0 Å². The Morgan fingerprint density at radius 1 is 0.333 bits per heavy atom. The summed E-state index contributed by atoms with van der Waals surface area (Å²) in [5.74, 6) is 0. The van der Waals surface area contributed by atoms with Gasteiger partial charge in [0.05, 0.1) is 11.4 Å². The summed E-state index contributed by atoms with van der Waals surface area (Å²) in [5, 5.41) is 2.67. The number of aromatic nitrogens is 3. The van der Waals surface area contributed by atoms with Crippen LogP contribution in [0, 0.1) is 55.4 Å². The van der Waals surface area contributed by atoms with Crippen molar-refractivity contribution in [3.05, 3.63) is 136 Å². The predicted octanol–water partition coefficient (Wildman–Crippen LogP) is 8.55. The van der Waals surface area contributed by atoms with Gasteiger partial charge in [-0.05, 0) is 77.8 Å². The number of rotatable bonds is 0. The van der Waals surface area contributed by atoms with E-state index in [0.29, 0.717) is 0 Å². The minimum Gasteiger partial charge on any atom is -0.261 e. The molecule has 0 saturated carbocycles. The minimum absolute atomic E-state index is 0.968. The highest BCUT2D eigenvalue weighted by Gasteiger charge is 1.92. The van der Waals surface area contributed by atoms with Crippen molar-refractivity contribution in [2.75, 3.05) is 0 Å². The number of hydrogen-bond donors (Lipinski definition) is 0. The molecule has 3 aromatic carbocycles. The lowest BCUT2D eigenvalue weighted by Crippen LogP contribution is -1.84. The highest BCUT2D eigenvalue weighted by Crippen LogP contribution is 2.16. The maximum atomic E-state index is 4.08. The lowest BCUT2D eigenvalue weighted by atomic mass is 10.1. The molecular formula is C33H39N3. The lowest BCUT2D eigenvalue weighted by Gasteiger charge is -1.99. The zero-order valence-corrected chi connectivity index (χ0v) is 23.0. The summed E-state index contributed by atoms with van der Waals surface area (Å²) in [7, 11) is 0. The predicted molar refractivity (Wildman–Crippen MR) is 155 cm³/mol. The first-order valence-electron chi connectivity index (χ1n) is 12.3. The third-order valence-corrected chi connectivity index (χ3v) is 5.34. The van der Waals surface area contributed by atoms with E-state index in [4.69, 9.17) is 0 Å². The number of hydrogen-bond acceptors (Lipinski definition) is 3. The van der Waals surface area contributed by atoms with Gasteiger partial charge in [0.1, 0.15) is 0 Å². The first kappa shape index (κ1) is 28.4. The van der Waals surface area contributed by atoms with E-state index in [1.807, 2.05) is 40.0 Å². The molecule has 0 aliphatic carbocycles. The maximum Gasteiger partial charge on any atom is 0.0555 e. The zero-order chi connectivity index (χ0) is 26.5. The Bertz CT molecular complexity index is 1110. The average Bonchev–Trinajstić information content (AvgIpc) is 2.86. The normalized spacial score (nSPS) is 9.67. The number of fused-ring (bicyclic) bond motifs is 1. The molecule has 0 aliphatic heterocycles. The van der Waals surface area contributed by atoms with Crippen molar-refractivity contribution in [2.24, 2.45) is 0 Å². The molecule has 2 heterocycles. The van der Waals surface area contributed by atoms with Crippen LogP contribution in [-0.4, -0.2) is 15.0 Å². The number of nitrogens with zero attached hydrogens (tertiary/aromatic N) is 3. The molecule has 5 rings (SSSR count). The molecule has 0 aliphatic rings. The molecule has 36 heavy (non-hydrogen) atoms. The number of aryl methyl sites for hydroxylation is 8. The van der Waals surface area contributed by atoms with Crippen molar-refractivity contribution in [2.45, 2.75) is 55.4 Å². The molecular weight excluding hydrogens is 438 g/mol. The van der Waals surface area contributed by atoms with Gasteiger partial charge in [-0.1, -0.05) is 89.0 Å². The number of benzene rings is 3. The van der Waals surface area contributed by atoms with Crippen LogP contribution in [0.3, 0.4) is 0 Å². The van der Waals surface area contributed by atoms with Crippen molar-refractivity contribution in [3.63, 3.8) is 0 Å². The Kier molecular flexibility index (Phi) is 11.5. The molecule has 0 radical (unpaired) electrons. The fourth-order valence-electron chi connectivity index (χ4n) is 3.12. The summed E-state index contributed by atoms with van der Waals surface area (Å²) in [4.78, 5) is 12.1. The molecule has 0 unspecified atom stereocenters. The molecule has 0 atom stereocenters. The SMILES string of the molecule is Cc1ccc(C)cc1.Cc1ccc(C)nc1.Cc1ccc2cc(C)ccc2c1.Cc1cnc(C)cn1. The first-order chi connectivity index (χ1) is 17.1. The summed E-state index contributed by atoms with van der Waals surface area (Å²) in [6.45, 7) is 16.3. The Balaban J connectivity index is 0.000000173. The summed E-state index contributed by atoms with van der Waals surface area (Å²) in [6.07, 6.45) is 5.39. The lowest BCUT2D eigenvalue weighted by molar-refractivity contribution is 1.06. The molecule has 0 amide bonds. The van der Waals surface area contributed by atoms with Crippen LogP contribution in [0.4, 0.5) is 0 Å². The van der Waals surface area contributed by atoms with E-state index < -0.39 is 0 Å². The van der Waals surface area contributed by atoms with Gasteiger partial charge in [-0.15, -0.1) is 0 Å². The second-order valence-electron chi connectivity index (χ2n) is 9.28. The van der Waals surface area contributed by atoms with Crippen molar-refractivity contribution < 1.29 is 0 Å². The smallest absolute Gasteiger partial charge is 0.0555 e. The average molecular weight is 478 g/mol. The van der Waals surface area contributed by atoms with Crippen molar-refractivity contribution in [3.8, 4) is 0 Å². The molecule has 5 aromatic rings. The van der Waals surface area contributed by atoms with Gasteiger partial charge in [0, 0.05) is 24.3 Å². The Morgan fingerprint density at radius 3 is 1.03 bits per heavy atom. The van der Waals surface area contributed by atoms with Crippen molar-refractivity contribution in [1.29, 1.82) is 0 Å². The Morgan fingerprint density at radius 2 is 0.694 bits per heavy atom. The first-order valence-corrected chi connectivity index (χ1v) is 12.3. The van der Waals surface area contributed by atoms with Gasteiger partial charge < -0.3 is 0 Å². The summed E-state index contributed by atoms with van der Waals surface area (Å²) in [5.41, 5.74) is 9.54. The molecule has 2 aromatic heterocycles. The van der Waals surface area contributed by atoms with Crippen LogP contribution in [0.25, 0.3) is 10.8 Å². The minimum atomic E-state index is 0.968. The van der Waals surface area contributed by atoms with Gasteiger partial charge in [-0.3, -0.25) is 15.0 Å². The maximum absolute atomic E-state index is 4.08. The van der Waals surface area contributed by atoms with E-state index in [1.165, 1.54) is 38.6 Å². The standard InChI is InChI=1S/C12H12.C8H10.C7H9N.C6H8N2/c1-9-3-5-12-8-10(2)4-6-11(12)7-9;1-7-3-5-8(2)6-4-7;1-6-3-4-7(2)8-5-6;1-5-3-8-6(2)4-7-5/h3-8H,1-2H3;3-6H,1-2H3;3-5H,1-2H3;3-4H,1-2H3. The molecule has 0 fully saturated rings. The molecule has 0 N–H and O–H groups in total. The molecule has 0 bridgehead atoms. The second kappa shape index (κ2) is 14.5. The van der Waals surface area contributed by atoms with Crippen LogP contribution in [0.15, 0.2) is 91.4 Å². The van der Waals surface area contributed by atoms with Crippen molar-refractivity contribution >= 4 is 10.8 Å². The third-order valence-electron chi connectivity index (χ3n) is 5.34. The van der Waals surface area contributed by atoms with E-state index in [9.17, 15) is 0 Å². The van der Waals surface area contributed by atoms with E-state index >= 15 is 0 Å². The quantitative estimate of drug-likeness (QED) is 0.224. The molecule has 0 spiro atoms.